The summed E-state index contributed by atoms with van der Waals surface area (Å²) in [6.07, 6.45) is 0. The van der Waals surface area contributed by atoms with Crippen molar-refractivity contribution >= 4 is 52.1 Å². The van der Waals surface area contributed by atoms with Gasteiger partial charge in [0.05, 0.1) is 15.7 Å². The number of halogens is 2. The van der Waals surface area contributed by atoms with E-state index in [1.807, 2.05) is 31.1 Å². The zero-order valence-electron chi connectivity index (χ0n) is 14.2. The summed E-state index contributed by atoms with van der Waals surface area (Å²) < 4.78 is 0. The third-order valence-electron chi connectivity index (χ3n) is 3.56. The summed E-state index contributed by atoms with van der Waals surface area (Å²) in [5.74, 6) is -0.670. The van der Waals surface area contributed by atoms with E-state index < -0.39 is 0 Å². The Bertz CT molecular complexity index is 756. The molecule has 2 aromatic carbocycles. The second-order valence-electron chi connectivity index (χ2n) is 5.66. The number of hydrogen-bond donors (Lipinski definition) is 1. The summed E-state index contributed by atoms with van der Waals surface area (Å²) in [6.45, 7) is 1.17. The molecule has 2 aromatic rings. The average Bonchev–Trinajstić information content (AvgIpc) is 2.54. The molecule has 0 aliphatic rings. The Morgan fingerprint density at radius 2 is 1.56 bits per heavy atom. The van der Waals surface area contributed by atoms with Crippen LogP contribution in [0.3, 0.4) is 0 Å². The molecule has 0 aliphatic carbocycles. The van der Waals surface area contributed by atoms with Crippen LogP contribution >= 0.6 is 23.2 Å². The Kier molecular flexibility index (Phi) is 6.28. The second kappa shape index (κ2) is 8.23. The molecule has 0 saturated heterocycles. The van der Waals surface area contributed by atoms with Gasteiger partial charge in [-0.15, -0.1) is 0 Å². The van der Waals surface area contributed by atoms with Gasteiger partial charge >= 0.3 is 0 Å². The number of anilines is 3. The summed E-state index contributed by atoms with van der Waals surface area (Å²) >= 11 is 12.3. The normalized spacial score (nSPS) is 10.3. The maximum atomic E-state index is 12.3. The SMILES string of the molecule is CC(=O)N(CC(=O)Nc1ccc(N(C)C)cc1)c1c(Cl)cccc1Cl. The van der Waals surface area contributed by atoms with Gasteiger partial charge in [-0.05, 0) is 36.4 Å². The van der Waals surface area contributed by atoms with E-state index in [0.717, 1.165) is 5.69 Å². The summed E-state index contributed by atoms with van der Waals surface area (Å²) in [6, 6.07) is 12.3. The molecule has 2 amide bonds. The predicted molar refractivity (Wildman–Crippen MR) is 104 cm³/mol. The van der Waals surface area contributed by atoms with Crippen molar-refractivity contribution in [2.24, 2.45) is 0 Å². The van der Waals surface area contributed by atoms with Crippen molar-refractivity contribution in [2.45, 2.75) is 6.92 Å². The smallest absolute Gasteiger partial charge is 0.244 e. The average molecular weight is 380 g/mol. The van der Waals surface area contributed by atoms with E-state index in [1.54, 1.807) is 30.3 Å². The maximum absolute atomic E-state index is 12.3. The minimum absolute atomic E-state index is 0.186. The second-order valence-corrected chi connectivity index (χ2v) is 6.48. The first-order chi connectivity index (χ1) is 11.8. The third-order valence-corrected chi connectivity index (χ3v) is 4.17. The van der Waals surface area contributed by atoms with Crippen LogP contribution in [0.4, 0.5) is 17.1 Å². The highest BCUT2D eigenvalue weighted by atomic mass is 35.5. The van der Waals surface area contributed by atoms with Crippen LogP contribution in [0, 0.1) is 0 Å². The summed E-state index contributed by atoms with van der Waals surface area (Å²) in [4.78, 5) is 27.5. The van der Waals surface area contributed by atoms with Crippen molar-refractivity contribution < 1.29 is 9.59 Å². The first-order valence-electron chi connectivity index (χ1n) is 7.59. The van der Waals surface area contributed by atoms with Gasteiger partial charge in [-0.1, -0.05) is 29.3 Å². The van der Waals surface area contributed by atoms with Gasteiger partial charge in [0.1, 0.15) is 6.54 Å². The van der Waals surface area contributed by atoms with Gasteiger partial charge < -0.3 is 15.1 Å². The molecule has 0 unspecified atom stereocenters. The molecule has 7 heteroatoms. The van der Waals surface area contributed by atoms with E-state index in [0.29, 0.717) is 21.4 Å². The fourth-order valence-corrected chi connectivity index (χ4v) is 2.88. The summed E-state index contributed by atoms with van der Waals surface area (Å²) in [5, 5.41) is 3.39. The Hall–Kier alpha value is -2.24. The standard InChI is InChI=1S/C18H19Cl2N3O2/c1-12(24)23(18-15(19)5-4-6-16(18)20)11-17(25)21-13-7-9-14(10-8-13)22(2)3/h4-10H,11H2,1-3H3,(H,21,25). The lowest BCUT2D eigenvalue weighted by molar-refractivity contribution is -0.120. The molecule has 0 radical (unpaired) electrons. The van der Waals surface area contributed by atoms with Crippen molar-refractivity contribution in [2.75, 3.05) is 35.8 Å². The van der Waals surface area contributed by atoms with Gasteiger partial charge in [0, 0.05) is 32.4 Å². The van der Waals surface area contributed by atoms with E-state index in [-0.39, 0.29) is 18.4 Å². The highest BCUT2D eigenvalue weighted by Gasteiger charge is 2.21. The molecule has 1 N–H and O–H groups in total. The quantitative estimate of drug-likeness (QED) is 0.852. The molecule has 0 bridgehead atoms. The molecule has 25 heavy (non-hydrogen) atoms. The van der Waals surface area contributed by atoms with Crippen LogP contribution in [0.2, 0.25) is 10.0 Å². The molecule has 0 atom stereocenters. The molecule has 5 nitrogen and oxygen atoms in total. The highest BCUT2D eigenvalue weighted by molar-refractivity contribution is 6.40. The number of nitrogens with one attached hydrogen (secondary N) is 1. The fraction of sp³-hybridized carbons (Fsp3) is 0.222. The number of rotatable bonds is 5. The highest BCUT2D eigenvalue weighted by Crippen LogP contribution is 2.33. The molecule has 0 aromatic heterocycles. The monoisotopic (exact) mass is 379 g/mol. The number of para-hydroxylation sites is 1. The van der Waals surface area contributed by atoms with Gasteiger partial charge in [0.2, 0.25) is 11.8 Å². The first-order valence-corrected chi connectivity index (χ1v) is 8.34. The number of amides is 2. The van der Waals surface area contributed by atoms with Crippen LogP contribution in [-0.2, 0) is 9.59 Å². The van der Waals surface area contributed by atoms with E-state index in [2.05, 4.69) is 5.32 Å². The van der Waals surface area contributed by atoms with Gasteiger partial charge in [-0.2, -0.15) is 0 Å². The zero-order chi connectivity index (χ0) is 18.6. The van der Waals surface area contributed by atoms with Crippen LogP contribution in [0.25, 0.3) is 0 Å². The van der Waals surface area contributed by atoms with Crippen LogP contribution in [0.5, 0.6) is 0 Å². The predicted octanol–water partition coefficient (Wildman–Crippen LogP) is 4.05. The van der Waals surface area contributed by atoms with E-state index in [9.17, 15) is 9.59 Å². The largest absolute Gasteiger partial charge is 0.378 e. The van der Waals surface area contributed by atoms with E-state index in [4.69, 9.17) is 23.2 Å². The van der Waals surface area contributed by atoms with Crippen molar-refractivity contribution in [1.82, 2.24) is 0 Å². The van der Waals surface area contributed by atoms with Gasteiger partial charge in [-0.25, -0.2) is 0 Å². The Morgan fingerprint density at radius 3 is 2.04 bits per heavy atom. The molecule has 2 rings (SSSR count). The van der Waals surface area contributed by atoms with Crippen molar-refractivity contribution in [1.29, 1.82) is 0 Å². The first kappa shape index (κ1) is 19.1. The Labute approximate surface area is 157 Å². The number of carbonyl (C=O) groups excluding carboxylic acids is 2. The topological polar surface area (TPSA) is 52.7 Å². The Morgan fingerprint density at radius 1 is 1.00 bits per heavy atom. The van der Waals surface area contributed by atoms with E-state index in [1.165, 1.54) is 11.8 Å². The molecule has 0 fully saturated rings. The van der Waals surface area contributed by atoms with Crippen molar-refractivity contribution in [3.05, 3.63) is 52.5 Å². The number of carbonyl (C=O) groups is 2. The molecule has 0 heterocycles. The summed E-state index contributed by atoms with van der Waals surface area (Å²) in [5.41, 5.74) is 1.99. The molecular weight excluding hydrogens is 361 g/mol. The number of nitrogens with zero attached hydrogens (tertiary/aromatic N) is 2. The van der Waals surface area contributed by atoms with Crippen LogP contribution in [-0.4, -0.2) is 32.5 Å². The minimum atomic E-state index is -0.344. The van der Waals surface area contributed by atoms with Crippen LogP contribution < -0.4 is 15.1 Å². The van der Waals surface area contributed by atoms with Gasteiger partial charge in [0.15, 0.2) is 0 Å². The van der Waals surface area contributed by atoms with E-state index >= 15 is 0 Å². The lowest BCUT2D eigenvalue weighted by Crippen LogP contribution is -2.37. The van der Waals surface area contributed by atoms with Crippen LogP contribution in [0.1, 0.15) is 6.92 Å². The number of benzene rings is 2. The Balaban J connectivity index is 2.14. The zero-order valence-corrected chi connectivity index (χ0v) is 15.7. The van der Waals surface area contributed by atoms with Crippen molar-refractivity contribution in [3.63, 3.8) is 0 Å². The maximum Gasteiger partial charge on any atom is 0.244 e. The minimum Gasteiger partial charge on any atom is -0.378 e. The molecular formula is C18H19Cl2N3O2. The van der Waals surface area contributed by atoms with Crippen molar-refractivity contribution in [3.8, 4) is 0 Å². The lowest BCUT2D eigenvalue weighted by Gasteiger charge is -2.23. The molecule has 0 spiro atoms. The lowest BCUT2D eigenvalue weighted by atomic mass is 10.2. The van der Waals surface area contributed by atoms with Gasteiger partial charge in [-0.3, -0.25) is 9.59 Å². The molecule has 0 saturated carbocycles. The third kappa shape index (κ3) is 4.87. The van der Waals surface area contributed by atoms with Gasteiger partial charge in [0.25, 0.3) is 0 Å². The number of hydrogen-bond acceptors (Lipinski definition) is 3. The van der Waals surface area contributed by atoms with Crippen LogP contribution in [0.15, 0.2) is 42.5 Å². The summed E-state index contributed by atoms with van der Waals surface area (Å²) in [7, 11) is 3.87. The fourth-order valence-electron chi connectivity index (χ4n) is 2.28. The molecule has 132 valence electrons. The molecule has 0 aliphatic heterocycles.